The van der Waals surface area contributed by atoms with Crippen molar-refractivity contribution < 1.29 is 9.53 Å². The summed E-state index contributed by atoms with van der Waals surface area (Å²) in [5, 5.41) is 7.04. The number of hydrogen-bond acceptors (Lipinski definition) is 4. The number of benzene rings is 1. The van der Waals surface area contributed by atoms with Crippen LogP contribution >= 0.6 is 0 Å². The van der Waals surface area contributed by atoms with Gasteiger partial charge in [-0.15, -0.1) is 0 Å². The summed E-state index contributed by atoms with van der Waals surface area (Å²) in [6.45, 7) is 2.12. The van der Waals surface area contributed by atoms with Crippen LogP contribution in [0.2, 0.25) is 0 Å². The number of carbonyl (C=O) groups excluding carboxylic acids is 1. The monoisotopic (exact) mass is 336 g/mol. The molecule has 25 heavy (non-hydrogen) atoms. The Hall–Kier alpha value is -3.15. The molecule has 6 heteroatoms. The van der Waals surface area contributed by atoms with E-state index in [4.69, 9.17) is 4.74 Å². The summed E-state index contributed by atoms with van der Waals surface area (Å²) in [5.74, 6) is 0.501. The highest BCUT2D eigenvalue weighted by molar-refractivity contribution is 5.80. The second kappa shape index (κ2) is 7.61. The lowest BCUT2D eigenvalue weighted by Gasteiger charge is -2.14. The van der Waals surface area contributed by atoms with E-state index in [9.17, 15) is 4.79 Å². The Bertz CT molecular complexity index is 845. The van der Waals surface area contributed by atoms with Gasteiger partial charge in [0, 0.05) is 43.3 Å². The minimum absolute atomic E-state index is 0.171. The molecule has 0 aliphatic rings. The zero-order chi connectivity index (χ0) is 17.6. The Morgan fingerprint density at radius 1 is 1.20 bits per heavy atom. The molecule has 1 amide bonds. The van der Waals surface area contributed by atoms with Crippen LogP contribution in [0, 0.1) is 0 Å². The molecular weight excluding hydrogens is 316 g/mol. The van der Waals surface area contributed by atoms with E-state index in [1.165, 1.54) is 0 Å². The molecule has 0 saturated carbocycles. The second-order valence-electron chi connectivity index (χ2n) is 5.78. The minimum atomic E-state index is -0.572. The third kappa shape index (κ3) is 4.44. The maximum absolute atomic E-state index is 12.2. The fourth-order valence-corrected chi connectivity index (χ4v) is 2.40. The van der Waals surface area contributed by atoms with Crippen LogP contribution in [-0.2, 0) is 18.4 Å². The largest absolute Gasteiger partial charge is 0.481 e. The van der Waals surface area contributed by atoms with Crippen LogP contribution < -0.4 is 10.1 Å². The number of nitrogens with one attached hydrogen (secondary N) is 1. The number of hydrogen-bond donors (Lipinski definition) is 1. The van der Waals surface area contributed by atoms with E-state index in [0.717, 1.165) is 16.7 Å². The van der Waals surface area contributed by atoms with Gasteiger partial charge in [-0.05, 0) is 30.7 Å². The van der Waals surface area contributed by atoms with Crippen LogP contribution in [0.3, 0.4) is 0 Å². The van der Waals surface area contributed by atoms with E-state index in [-0.39, 0.29) is 5.91 Å². The molecule has 2 aromatic heterocycles. The third-order valence-electron chi connectivity index (χ3n) is 3.73. The zero-order valence-electron chi connectivity index (χ0n) is 14.2. The summed E-state index contributed by atoms with van der Waals surface area (Å²) in [4.78, 5) is 16.5. The lowest BCUT2D eigenvalue weighted by molar-refractivity contribution is -0.127. The predicted molar refractivity (Wildman–Crippen MR) is 94.8 cm³/mol. The minimum Gasteiger partial charge on any atom is -0.481 e. The highest BCUT2D eigenvalue weighted by atomic mass is 16.5. The molecule has 3 aromatic rings. The Kier molecular flexibility index (Phi) is 5.09. The molecule has 1 aromatic carbocycles. The fraction of sp³-hybridized carbons (Fsp3) is 0.211. The summed E-state index contributed by atoms with van der Waals surface area (Å²) in [6.07, 6.45) is 6.66. The van der Waals surface area contributed by atoms with Crippen molar-refractivity contribution in [3.8, 4) is 16.9 Å². The molecule has 1 N–H and O–H groups in total. The van der Waals surface area contributed by atoms with Crippen LogP contribution in [0.1, 0.15) is 12.5 Å². The van der Waals surface area contributed by atoms with Crippen LogP contribution in [0.5, 0.6) is 5.75 Å². The number of amides is 1. The maximum atomic E-state index is 12.2. The van der Waals surface area contributed by atoms with Crippen molar-refractivity contribution in [2.24, 2.45) is 7.05 Å². The molecule has 0 radical (unpaired) electrons. The summed E-state index contributed by atoms with van der Waals surface area (Å²) in [6, 6.07) is 11.3. The van der Waals surface area contributed by atoms with Gasteiger partial charge in [0.2, 0.25) is 0 Å². The molecule has 6 nitrogen and oxygen atoms in total. The van der Waals surface area contributed by atoms with Gasteiger partial charge in [-0.1, -0.05) is 18.2 Å². The number of aromatic nitrogens is 3. The van der Waals surface area contributed by atoms with Gasteiger partial charge in [0.15, 0.2) is 6.10 Å². The van der Waals surface area contributed by atoms with E-state index < -0.39 is 6.10 Å². The van der Waals surface area contributed by atoms with E-state index in [2.05, 4.69) is 15.4 Å². The van der Waals surface area contributed by atoms with E-state index >= 15 is 0 Å². The quantitative estimate of drug-likeness (QED) is 0.751. The van der Waals surface area contributed by atoms with Gasteiger partial charge in [-0.2, -0.15) is 5.10 Å². The highest BCUT2D eigenvalue weighted by Gasteiger charge is 2.14. The van der Waals surface area contributed by atoms with Crippen molar-refractivity contribution >= 4 is 5.91 Å². The number of aryl methyl sites for hydroxylation is 1. The predicted octanol–water partition coefficient (Wildman–Crippen LogP) is 2.57. The SMILES string of the molecule is C[C@@H](Oc1ccccc1)C(=O)NCc1cncc(-c2cnn(C)c2)c1. The van der Waals surface area contributed by atoms with Crippen LogP contribution in [0.15, 0.2) is 61.2 Å². The average Bonchev–Trinajstić information content (AvgIpc) is 3.07. The van der Waals surface area contributed by atoms with Crippen LogP contribution in [0.4, 0.5) is 0 Å². The fourth-order valence-electron chi connectivity index (χ4n) is 2.40. The Labute approximate surface area is 146 Å². The second-order valence-corrected chi connectivity index (χ2v) is 5.78. The smallest absolute Gasteiger partial charge is 0.261 e. The van der Waals surface area contributed by atoms with Gasteiger partial charge >= 0.3 is 0 Å². The number of ether oxygens (including phenoxy) is 1. The normalized spacial score (nSPS) is 11.8. The number of rotatable bonds is 6. The first kappa shape index (κ1) is 16.7. The van der Waals surface area contributed by atoms with E-state index in [1.54, 1.807) is 30.2 Å². The molecule has 128 valence electrons. The van der Waals surface area contributed by atoms with Gasteiger partial charge in [0.1, 0.15) is 5.75 Å². The Morgan fingerprint density at radius 2 is 2.00 bits per heavy atom. The lowest BCUT2D eigenvalue weighted by Crippen LogP contribution is -2.35. The average molecular weight is 336 g/mol. The van der Waals surface area contributed by atoms with Crippen LogP contribution in [-0.4, -0.2) is 26.8 Å². The van der Waals surface area contributed by atoms with Crippen molar-refractivity contribution in [1.82, 2.24) is 20.1 Å². The summed E-state index contributed by atoms with van der Waals surface area (Å²) >= 11 is 0. The topological polar surface area (TPSA) is 69.0 Å². The summed E-state index contributed by atoms with van der Waals surface area (Å²) in [5.41, 5.74) is 2.87. The zero-order valence-corrected chi connectivity index (χ0v) is 14.2. The van der Waals surface area contributed by atoms with Crippen LogP contribution in [0.25, 0.3) is 11.1 Å². The van der Waals surface area contributed by atoms with Crippen molar-refractivity contribution in [3.05, 3.63) is 66.7 Å². The molecule has 0 saturated heterocycles. The lowest BCUT2D eigenvalue weighted by atomic mass is 10.1. The van der Waals surface area contributed by atoms with Gasteiger partial charge in [0.05, 0.1) is 6.20 Å². The molecule has 3 rings (SSSR count). The maximum Gasteiger partial charge on any atom is 0.261 e. The first-order chi connectivity index (χ1) is 12.1. The summed E-state index contributed by atoms with van der Waals surface area (Å²) < 4.78 is 7.36. The number of pyridine rings is 1. The molecule has 0 fully saturated rings. The van der Waals surface area contributed by atoms with Gasteiger partial charge in [-0.3, -0.25) is 14.5 Å². The number of carbonyl (C=O) groups is 1. The van der Waals surface area contributed by atoms with Gasteiger partial charge in [-0.25, -0.2) is 0 Å². The van der Waals surface area contributed by atoms with Gasteiger partial charge < -0.3 is 10.1 Å². The molecule has 0 unspecified atom stereocenters. The molecule has 0 aliphatic carbocycles. The molecule has 1 atom stereocenters. The Balaban J connectivity index is 1.58. The summed E-state index contributed by atoms with van der Waals surface area (Å²) in [7, 11) is 1.87. The van der Waals surface area contributed by atoms with Gasteiger partial charge in [0.25, 0.3) is 5.91 Å². The van der Waals surface area contributed by atoms with Crippen molar-refractivity contribution in [2.45, 2.75) is 19.6 Å². The first-order valence-corrected chi connectivity index (χ1v) is 8.04. The van der Waals surface area contributed by atoms with Crippen molar-refractivity contribution in [1.29, 1.82) is 0 Å². The molecular formula is C19H20N4O2. The molecule has 0 bridgehead atoms. The first-order valence-electron chi connectivity index (χ1n) is 8.04. The van der Waals surface area contributed by atoms with E-state index in [1.807, 2.05) is 49.6 Å². The van der Waals surface area contributed by atoms with Crippen molar-refractivity contribution in [3.63, 3.8) is 0 Å². The number of nitrogens with zero attached hydrogens (tertiary/aromatic N) is 3. The molecule has 2 heterocycles. The Morgan fingerprint density at radius 3 is 2.72 bits per heavy atom. The van der Waals surface area contributed by atoms with E-state index in [0.29, 0.717) is 12.3 Å². The third-order valence-corrected chi connectivity index (χ3v) is 3.73. The standard InChI is InChI=1S/C19H20N4O2/c1-14(25-18-6-4-3-5-7-18)19(24)21-10-15-8-16(11-20-9-15)17-12-22-23(2)13-17/h3-9,11-14H,10H2,1-2H3,(H,21,24)/t14-/m1/s1. The highest BCUT2D eigenvalue weighted by Crippen LogP contribution is 2.18. The molecule has 0 aliphatic heterocycles. The van der Waals surface area contributed by atoms with Crippen molar-refractivity contribution in [2.75, 3.05) is 0 Å². The number of para-hydroxylation sites is 1. The molecule has 0 spiro atoms.